The predicted octanol–water partition coefficient (Wildman–Crippen LogP) is 2.63. The van der Waals surface area contributed by atoms with E-state index in [0.29, 0.717) is 25.3 Å². The van der Waals surface area contributed by atoms with Gasteiger partial charge in [0.15, 0.2) is 0 Å². The Morgan fingerprint density at radius 1 is 1.10 bits per heavy atom. The molecule has 2 saturated heterocycles. The number of aliphatic hydroxyl groups excluding tert-OH is 1. The number of nitrogens with one attached hydrogen (secondary N) is 1. The first kappa shape index (κ1) is 23.8. The van der Waals surface area contributed by atoms with Gasteiger partial charge in [-0.3, -0.25) is 9.69 Å². The van der Waals surface area contributed by atoms with Gasteiger partial charge in [0.2, 0.25) is 5.91 Å². The molecule has 0 aromatic heterocycles. The van der Waals surface area contributed by atoms with Crippen molar-refractivity contribution in [1.82, 2.24) is 10.2 Å². The summed E-state index contributed by atoms with van der Waals surface area (Å²) in [4.78, 5) is 14.1. The van der Waals surface area contributed by atoms with Crippen LogP contribution in [-0.4, -0.2) is 79.3 Å². The largest absolute Gasteiger partial charge is 0.390 e. The Labute approximate surface area is 176 Å². The van der Waals surface area contributed by atoms with Gasteiger partial charge in [-0.25, -0.2) is 0 Å². The Balaban J connectivity index is 1.49. The highest BCUT2D eigenvalue weighted by Crippen LogP contribution is 2.29. The van der Waals surface area contributed by atoms with E-state index in [2.05, 4.69) is 5.32 Å². The van der Waals surface area contributed by atoms with Gasteiger partial charge in [0, 0.05) is 25.7 Å². The van der Waals surface area contributed by atoms with E-state index >= 15 is 0 Å². The Morgan fingerprint density at radius 3 is 2.60 bits per heavy atom. The summed E-state index contributed by atoms with van der Waals surface area (Å²) in [5, 5.41) is 13.0. The summed E-state index contributed by atoms with van der Waals surface area (Å²) in [6.45, 7) is 0.959. The maximum atomic E-state index is 12.7. The second kappa shape index (κ2) is 11.1. The molecule has 30 heavy (non-hydrogen) atoms. The van der Waals surface area contributed by atoms with Crippen LogP contribution in [0.4, 0.5) is 13.2 Å². The van der Waals surface area contributed by atoms with Crippen molar-refractivity contribution in [3.63, 3.8) is 0 Å². The zero-order chi connectivity index (χ0) is 21.6. The molecule has 3 aliphatic rings. The highest BCUT2D eigenvalue weighted by atomic mass is 19.4. The molecule has 3 fully saturated rings. The van der Waals surface area contributed by atoms with Gasteiger partial charge in [-0.05, 0) is 31.6 Å². The van der Waals surface area contributed by atoms with Crippen LogP contribution in [0.2, 0.25) is 0 Å². The Kier molecular flexibility index (Phi) is 8.80. The number of hydrogen-bond donors (Lipinski definition) is 2. The first-order valence-corrected chi connectivity index (χ1v) is 11.3. The number of carbonyl (C=O) groups excluding carboxylic acids is 1. The maximum absolute atomic E-state index is 12.7. The molecule has 0 bridgehead atoms. The van der Waals surface area contributed by atoms with Crippen LogP contribution in [-0.2, 0) is 14.3 Å². The summed E-state index contributed by atoms with van der Waals surface area (Å²) < 4.78 is 49.8. The summed E-state index contributed by atoms with van der Waals surface area (Å²) in [6.07, 6.45) is 0.947. The molecule has 2 heterocycles. The first-order valence-electron chi connectivity index (χ1n) is 11.3. The number of hydrogen-bond acceptors (Lipinski definition) is 5. The molecule has 174 valence electrons. The van der Waals surface area contributed by atoms with Crippen LogP contribution < -0.4 is 5.32 Å². The third-order valence-corrected chi connectivity index (χ3v) is 6.50. The summed E-state index contributed by atoms with van der Waals surface area (Å²) >= 11 is 0. The Morgan fingerprint density at radius 2 is 1.87 bits per heavy atom. The van der Waals surface area contributed by atoms with Crippen molar-refractivity contribution in [3.05, 3.63) is 0 Å². The molecule has 6 nitrogen and oxygen atoms in total. The number of alkyl halides is 3. The van der Waals surface area contributed by atoms with Crippen molar-refractivity contribution in [2.45, 2.75) is 88.3 Å². The van der Waals surface area contributed by atoms with Crippen molar-refractivity contribution in [2.75, 3.05) is 32.8 Å². The summed E-state index contributed by atoms with van der Waals surface area (Å²) in [5.74, 6) is 0.534. The number of halogens is 3. The third-order valence-electron chi connectivity index (χ3n) is 6.50. The van der Waals surface area contributed by atoms with Gasteiger partial charge in [-0.1, -0.05) is 19.3 Å². The molecule has 2 aliphatic heterocycles. The van der Waals surface area contributed by atoms with Crippen molar-refractivity contribution >= 4 is 5.91 Å². The molecular formula is C21H35F3N2O4. The van der Waals surface area contributed by atoms with E-state index < -0.39 is 24.8 Å². The summed E-state index contributed by atoms with van der Waals surface area (Å²) in [5.41, 5.74) is 0. The van der Waals surface area contributed by atoms with E-state index in [-0.39, 0.29) is 50.8 Å². The SMILES string of the molecule is O=C(C[C@@H]1CC[C@@H]2[C@H](COC[C@H](O)CN2CCC(F)(F)F)O1)NCC1CCCCC1. The van der Waals surface area contributed by atoms with Gasteiger partial charge in [-0.2, -0.15) is 13.2 Å². The monoisotopic (exact) mass is 436 g/mol. The van der Waals surface area contributed by atoms with E-state index in [0.717, 1.165) is 0 Å². The zero-order valence-electron chi connectivity index (χ0n) is 17.5. The molecule has 2 N–H and O–H groups in total. The van der Waals surface area contributed by atoms with Crippen molar-refractivity contribution < 1.29 is 32.5 Å². The molecule has 1 aliphatic carbocycles. The van der Waals surface area contributed by atoms with E-state index in [4.69, 9.17) is 9.47 Å². The average Bonchev–Trinajstić information content (AvgIpc) is 2.69. The third kappa shape index (κ3) is 7.66. The number of fused-ring (bicyclic) bond motifs is 1. The van der Waals surface area contributed by atoms with E-state index in [1.165, 1.54) is 32.1 Å². The second-order valence-electron chi connectivity index (χ2n) is 9.00. The number of aliphatic hydroxyl groups is 1. The van der Waals surface area contributed by atoms with Crippen LogP contribution in [0.25, 0.3) is 0 Å². The van der Waals surface area contributed by atoms with Crippen molar-refractivity contribution in [2.24, 2.45) is 5.92 Å². The average molecular weight is 437 g/mol. The molecule has 0 aromatic rings. The van der Waals surface area contributed by atoms with Gasteiger partial charge in [0.25, 0.3) is 0 Å². The molecule has 0 unspecified atom stereocenters. The molecule has 0 radical (unpaired) electrons. The quantitative estimate of drug-likeness (QED) is 0.670. The highest BCUT2D eigenvalue weighted by molar-refractivity contribution is 5.76. The van der Waals surface area contributed by atoms with Gasteiger partial charge < -0.3 is 19.9 Å². The molecule has 3 rings (SSSR count). The number of rotatable bonds is 6. The van der Waals surface area contributed by atoms with Gasteiger partial charge in [-0.15, -0.1) is 0 Å². The minimum absolute atomic E-state index is 0.0277. The van der Waals surface area contributed by atoms with E-state index in [1.807, 2.05) is 0 Å². The fourth-order valence-corrected chi connectivity index (χ4v) is 4.90. The van der Waals surface area contributed by atoms with Crippen LogP contribution in [0, 0.1) is 5.92 Å². The van der Waals surface area contributed by atoms with Crippen LogP contribution in [0.15, 0.2) is 0 Å². The Hall–Kier alpha value is -0.900. The molecule has 9 heteroatoms. The van der Waals surface area contributed by atoms with Crippen LogP contribution in [0.5, 0.6) is 0 Å². The van der Waals surface area contributed by atoms with Gasteiger partial charge >= 0.3 is 6.18 Å². The summed E-state index contributed by atoms with van der Waals surface area (Å²) in [6, 6.07) is -0.246. The van der Waals surface area contributed by atoms with E-state index in [9.17, 15) is 23.1 Å². The normalized spacial score (nSPS) is 32.1. The molecule has 4 atom stereocenters. The number of carbonyl (C=O) groups is 1. The van der Waals surface area contributed by atoms with E-state index in [1.54, 1.807) is 4.90 Å². The Bertz CT molecular complexity index is 543. The van der Waals surface area contributed by atoms with Gasteiger partial charge in [0.05, 0.1) is 44.4 Å². The maximum Gasteiger partial charge on any atom is 0.390 e. The number of β-amino-alcohol motifs (C(OH)–C–C–N with tert-alkyl or cyclic N) is 1. The molecule has 0 spiro atoms. The highest BCUT2D eigenvalue weighted by Gasteiger charge is 2.39. The summed E-state index contributed by atoms with van der Waals surface area (Å²) in [7, 11) is 0. The van der Waals surface area contributed by atoms with Crippen LogP contribution in [0.1, 0.15) is 57.8 Å². The smallest absolute Gasteiger partial charge is 0.389 e. The second-order valence-corrected chi connectivity index (χ2v) is 9.00. The lowest BCUT2D eigenvalue weighted by molar-refractivity contribution is -0.169. The molecule has 0 aromatic carbocycles. The number of nitrogens with zero attached hydrogens (tertiary/aromatic N) is 1. The minimum Gasteiger partial charge on any atom is -0.389 e. The molecule has 1 amide bonds. The molecule has 1 saturated carbocycles. The van der Waals surface area contributed by atoms with Crippen molar-refractivity contribution in [1.29, 1.82) is 0 Å². The number of amides is 1. The number of ether oxygens (including phenoxy) is 2. The fourth-order valence-electron chi connectivity index (χ4n) is 4.90. The molecular weight excluding hydrogens is 401 g/mol. The van der Waals surface area contributed by atoms with Gasteiger partial charge in [0.1, 0.15) is 0 Å². The lowest BCUT2D eigenvalue weighted by Gasteiger charge is -2.44. The van der Waals surface area contributed by atoms with Crippen LogP contribution in [0.3, 0.4) is 0 Å². The van der Waals surface area contributed by atoms with Crippen molar-refractivity contribution in [3.8, 4) is 0 Å². The zero-order valence-corrected chi connectivity index (χ0v) is 17.5. The minimum atomic E-state index is -4.24. The lowest BCUT2D eigenvalue weighted by atomic mass is 9.89. The lowest BCUT2D eigenvalue weighted by Crippen LogP contribution is -2.56. The van der Waals surface area contributed by atoms with Crippen LogP contribution >= 0.6 is 0 Å². The standard InChI is InChI=1S/C21H35F3N2O4/c22-21(23,24)8-9-26-12-16(27)13-29-14-19-18(26)7-6-17(30-19)10-20(28)25-11-15-4-2-1-3-5-15/h15-19,27H,1-14H2,(H,25,28)/t16-,17+,18-,19+/m1/s1. The topological polar surface area (TPSA) is 71.0 Å². The predicted molar refractivity (Wildman–Crippen MR) is 105 cm³/mol. The fraction of sp³-hybridized carbons (Fsp3) is 0.952. The first-order chi connectivity index (χ1) is 14.3.